The van der Waals surface area contributed by atoms with Gasteiger partial charge in [-0.2, -0.15) is 0 Å². The van der Waals surface area contributed by atoms with Crippen LogP contribution in [0.2, 0.25) is 0 Å². The summed E-state index contributed by atoms with van der Waals surface area (Å²) in [4.78, 5) is 6.50. The van der Waals surface area contributed by atoms with Gasteiger partial charge in [0.05, 0.1) is 19.8 Å². The smallest absolute Gasteiger partial charge is 0.193 e. The average Bonchev–Trinajstić information content (AvgIpc) is 2.91. The van der Waals surface area contributed by atoms with E-state index in [2.05, 4.69) is 15.2 Å². The van der Waals surface area contributed by atoms with E-state index >= 15 is 0 Å². The Morgan fingerprint density at radius 1 is 1.14 bits per heavy atom. The minimum absolute atomic E-state index is 0. The highest BCUT2D eigenvalue weighted by atomic mass is 127. The minimum atomic E-state index is 0. The Bertz CT molecular complexity index is 814. The van der Waals surface area contributed by atoms with Crippen LogP contribution in [-0.2, 0) is 6.54 Å². The van der Waals surface area contributed by atoms with E-state index in [1.807, 2.05) is 56.6 Å². The molecule has 0 bridgehead atoms. The molecule has 0 spiro atoms. The number of nitrogens with one attached hydrogen (secondary N) is 1. The molecule has 2 aromatic rings. The molecular formula is C21H29IN4O3. The summed E-state index contributed by atoms with van der Waals surface area (Å²) in [6, 6.07) is 13.6. The van der Waals surface area contributed by atoms with Crippen LogP contribution < -0.4 is 25.3 Å². The Kier molecular flexibility index (Phi) is 9.33. The number of halogens is 1. The highest BCUT2D eigenvalue weighted by molar-refractivity contribution is 14.0. The molecule has 158 valence electrons. The third kappa shape index (κ3) is 7.62. The van der Waals surface area contributed by atoms with Crippen LogP contribution in [0.1, 0.15) is 12.0 Å². The summed E-state index contributed by atoms with van der Waals surface area (Å²) in [5, 5.41) is 3.10. The van der Waals surface area contributed by atoms with Crippen molar-refractivity contribution in [2.75, 3.05) is 45.8 Å². The first-order chi connectivity index (χ1) is 13.6. The zero-order valence-corrected chi connectivity index (χ0v) is 19.2. The summed E-state index contributed by atoms with van der Waals surface area (Å²) in [5.41, 5.74) is 7.89. The second kappa shape index (κ2) is 11.7. The van der Waals surface area contributed by atoms with Gasteiger partial charge in [-0.15, -0.1) is 24.0 Å². The van der Waals surface area contributed by atoms with Crippen LogP contribution in [0.4, 0.5) is 5.69 Å². The van der Waals surface area contributed by atoms with E-state index in [0.29, 0.717) is 32.3 Å². The second-order valence-electron chi connectivity index (χ2n) is 6.84. The fourth-order valence-corrected chi connectivity index (χ4v) is 2.68. The summed E-state index contributed by atoms with van der Waals surface area (Å²) in [6.45, 7) is 3.30. The molecule has 0 amide bonds. The molecule has 8 heteroatoms. The molecule has 3 N–H and O–H groups in total. The topological polar surface area (TPSA) is 81.3 Å². The number of anilines is 1. The van der Waals surface area contributed by atoms with Gasteiger partial charge < -0.3 is 30.2 Å². The van der Waals surface area contributed by atoms with E-state index < -0.39 is 0 Å². The van der Waals surface area contributed by atoms with Gasteiger partial charge in [0, 0.05) is 24.7 Å². The minimum Gasteiger partial charge on any atom is -0.492 e. The maximum Gasteiger partial charge on any atom is 0.193 e. The molecule has 0 aromatic heterocycles. The average molecular weight is 512 g/mol. The number of rotatable bonds is 7. The Hall–Kier alpha value is -2.20. The summed E-state index contributed by atoms with van der Waals surface area (Å²) in [5.74, 6) is 2.65. The summed E-state index contributed by atoms with van der Waals surface area (Å²) >= 11 is 0. The number of nitrogens with two attached hydrogens (primary N) is 1. The van der Waals surface area contributed by atoms with Gasteiger partial charge in [0.25, 0.3) is 0 Å². The van der Waals surface area contributed by atoms with Gasteiger partial charge in [-0.05, 0) is 43.9 Å². The molecule has 1 aliphatic rings. The SMILES string of the molecule is CN(C)CCOc1cccc(CN=C(N)Nc2ccc3c(c2)OCCCO3)c1.I. The monoisotopic (exact) mass is 512 g/mol. The number of aliphatic imine (C=N–C) groups is 1. The maximum atomic E-state index is 6.04. The van der Waals surface area contributed by atoms with Crippen molar-refractivity contribution in [3.05, 3.63) is 48.0 Å². The maximum absolute atomic E-state index is 6.04. The van der Waals surface area contributed by atoms with Crippen molar-refractivity contribution >= 4 is 35.6 Å². The van der Waals surface area contributed by atoms with E-state index in [9.17, 15) is 0 Å². The summed E-state index contributed by atoms with van der Waals surface area (Å²) < 4.78 is 17.1. The molecule has 1 aliphatic heterocycles. The van der Waals surface area contributed by atoms with Crippen LogP contribution >= 0.6 is 24.0 Å². The molecule has 0 atom stereocenters. The lowest BCUT2D eigenvalue weighted by molar-refractivity contribution is 0.261. The Balaban J connectivity index is 0.00000300. The van der Waals surface area contributed by atoms with Crippen molar-refractivity contribution < 1.29 is 14.2 Å². The number of hydrogen-bond donors (Lipinski definition) is 2. The number of benzene rings is 2. The predicted octanol–water partition coefficient (Wildman–Crippen LogP) is 3.33. The summed E-state index contributed by atoms with van der Waals surface area (Å²) in [7, 11) is 4.04. The van der Waals surface area contributed by atoms with Gasteiger partial charge in [0.1, 0.15) is 12.4 Å². The predicted molar refractivity (Wildman–Crippen MR) is 127 cm³/mol. The molecule has 0 fully saturated rings. The largest absolute Gasteiger partial charge is 0.492 e. The zero-order valence-electron chi connectivity index (χ0n) is 16.9. The van der Waals surface area contributed by atoms with E-state index in [4.69, 9.17) is 19.9 Å². The first-order valence-electron chi connectivity index (χ1n) is 9.43. The van der Waals surface area contributed by atoms with Gasteiger partial charge in [-0.1, -0.05) is 12.1 Å². The van der Waals surface area contributed by atoms with E-state index in [0.717, 1.165) is 41.5 Å². The van der Waals surface area contributed by atoms with Crippen molar-refractivity contribution in [2.45, 2.75) is 13.0 Å². The van der Waals surface area contributed by atoms with Gasteiger partial charge in [0.2, 0.25) is 0 Å². The second-order valence-corrected chi connectivity index (χ2v) is 6.84. The van der Waals surface area contributed by atoms with Gasteiger partial charge >= 0.3 is 0 Å². The molecular weight excluding hydrogens is 483 g/mol. The van der Waals surface area contributed by atoms with Gasteiger partial charge in [-0.3, -0.25) is 0 Å². The molecule has 7 nitrogen and oxygen atoms in total. The third-order valence-corrected chi connectivity index (χ3v) is 4.16. The third-order valence-electron chi connectivity index (χ3n) is 4.16. The molecule has 0 aliphatic carbocycles. The Labute approximate surface area is 189 Å². The number of ether oxygens (including phenoxy) is 3. The van der Waals surface area contributed by atoms with Crippen molar-refractivity contribution in [3.8, 4) is 17.2 Å². The highest BCUT2D eigenvalue weighted by Crippen LogP contribution is 2.32. The van der Waals surface area contributed by atoms with Crippen LogP contribution in [0.25, 0.3) is 0 Å². The normalized spacial score (nSPS) is 13.4. The Morgan fingerprint density at radius 3 is 2.72 bits per heavy atom. The molecule has 0 saturated carbocycles. The fourth-order valence-electron chi connectivity index (χ4n) is 2.68. The Morgan fingerprint density at radius 2 is 1.93 bits per heavy atom. The summed E-state index contributed by atoms with van der Waals surface area (Å²) in [6.07, 6.45) is 0.874. The van der Waals surface area contributed by atoms with Gasteiger partial charge in [0.15, 0.2) is 17.5 Å². The zero-order chi connectivity index (χ0) is 19.8. The highest BCUT2D eigenvalue weighted by Gasteiger charge is 2.10. The molecule has 0 radical (unpaired) electrons. The fraction of sp³-hybridized carbons (Fsp3) is 0.381. The van der Waals surface area contributed by atoms with E-state index in [-0.39, 0.29) is 24.0 Å². The van der Waals surface area contributed by atoms with Gasteiger partial charge in [-0.25, -0.2) is 4.99 Å². The molecule has 1 heterocycles. The molecule has 0 saturated heterocycles. The van der Waals surface area contributed by atoms with Crippen LogP contribution in [-0.4, -0.2) is 51.3 Å². The quantitative estimate of drug-likeness (QED) is 0.337. The molecule has 0 unspecified atom stereocenters. The number of guanidine groups is 1. The van der Waals surface area contributed by atoms with Crippen molar-refractivity contribution in [2.24, 2.45) is 10.7 Å². The molecule has 2 aromatic carbocycles. The van der Waals surface area contributed by atoms with E-state index in [1.54, 1.807) is 0 Å². The number of nitrogens with zero attached hydrogens (tertiary/aromatic N) is 2. The number of fused-ring (bicyclic) bond motifs is 1. The molecule has 29 heavy (non-hydrogen) atoms. The van der Waals surface area contributed by atoms with Crippen molar-refractivity contribution in [3.63, 3.8) is 0 Å². The molecule has 3 rings (SSSR count). The van der Waals surface area contributed by atoms with Crippen LogP contribution in [0.15, 0.2) is 47.5 Å². The van der Waals surface area contributed by atoms with Crippen molar-refractivity contribution in [1.29, 1.82) is 0 Å². The van der Waals surface area contributed by atoms with Crippen molar-refractivity contribution in [1.82, 2.24) is 4.90 Å². The van der Waals surface area contributed by atoms with Crippen LogP contribution in [0, 0.1) is 0 Å². The van der Waals surface area contributed by atoms with E-state index in [1.165, 1.54) is 0 Å². The van der Waals surface area contributed by atoms with Crippen LogP contribution in [0.3, 0.4) is 0 Å². The first kappa shape index (κ1) is 23.1. The number of likely N-dealkylation sites (N-methyl/N-ethyl adjacent to an activating group) is 1. The lowest BCUT2D eigenvalue weighted by Gasteiger charge is -2.12. The lowest BCUT2D eigenvalue weighted by atomic mass is 10.2. The number of hydrogen-bond acceptors (Lipinski definition) is 5. The lowest BCUT2D eigenvalue weighted by Crippen LogP contribution is -2.22. The standard InChI is InChI=1S/C21H28N4O3.HI/c1-25(2)9-12-26-18-6-3-5-16(13-18)15-23-21(22)24-17-7-8-19-20(14-17)28-11-4-10-27-19;/h3,5-8,13-14H,4,9-12,15H2,1-2H3,(H3,22,23,24);1H. The first-order valence-corrected chi connectivity index (χ1v) is 9.43. The van der Waals surface area contributed by atoms with Crippen LogP contribution in [0.5, 0.6) is 17.2 Å².